The first kappa shape index (κ1) is 16.1. The van der Waals surface area contributed by atoms with E-state index >= 15 is 0 Å². The number of nitrogens with one attached hydrogen (secondary N) is 1. The largest absolute Gasteiger partial charge is 0.347 e. The van der Waals surface area contributed by atoms with Gasteiger partial charge in [0.25, 0.3) is 0 Å². The molecule has 4 rings (SSSR count). The molecule has 0 saturated carbocycles. The SMILES string of the molecule is O=C1CC(c2ccccc2)=CC2(CCN(Cc3ccccc3)CC2)N1. The molecule has 0 bridgehead atoms. The van der Waals surface area contributed by atoms with E-state index in [-0.39, 0.29) is 11.4 Å². The van der Waals surface area contributed by atoms with Crippen LogP contribution >= 0.6 is 0 Å². The number of piperidine rings is 1. The molecule has 128 valence electrons. The van der Waals surface area contributed by atoms with Crippen LogP contribution in [0.4, 0.5) is 0 Å². The Bertz CT molecular complexity index is 759. The topological polar surface area (TPSA) is 32.3 Å². The fraction of sp³-hybridized carbons (Fsp3) is 0.318. The fourth-order valence-electron chi connectivity index (χ4n) is 3.97. The second kappa shape index (κ2) is 6.85. The molecule has 3 heteroatoms. The number of likely N-dealkylation sites (tertiary alicyclic amines) is 1. The molecular weight excluding hydrogens is 308 g/mol. The van der Waals surface area contributed by atoms with E-state index in [9.17, 15) is 4.79 Å². The highest BCUT2D eigenvalue weighted by Gasteiger charge is 2.37. The molecule has 2 aliphatic heterocycles. The van der Waals surface area contributed by atoms with E-state index in [2.05, 4.69) is 58.8 Å². The number of hydrogen-bond donors (Lipinski definition) is 1. The second-order valence-corrected chi connectivity index (χ2v) is 7.18. The van der Waals surface area contributed by atoms with Crippen LogP contribution in [-0.4, -0.2) is 29.4 Å². The van der Waals surface area contributed by atoms with Gasteiger partial charge in [0.05, 0.1) is 12.0 Å². The molecule has 1 N–H and O–H groups in total. The van der Waals surface area contributed by atoms with Crippen molar-refractivity contribution in [3.05, 3.63) is 77.9 Å². The van der Waals surface area contributed by atoms with Crippen LogP contribution < -0.4 is 5.32 Å². The lowest BCUT2D eigenvalue weighted by atomic mass is 9.81. The summed E-state index contributed by atoms with van der Waals surface area (Å²) >= 11 is 0. The van der Waals surface area contributed by atoms with Crippen molar-refractivity contribution in [2.45, 2.75) is 31.3 Å². The molecule has 1 spiro atoms. The molecule has 0 atom stereocenters. The Morgan fingerprint density at radius 2 is 1.56 bits per heavy atom. The number of carbonyl (C=O) groups is 1. The van der Waals surface area contributed by atoms with Crippen molar-refractivity contribution in [1.29, 1.82) is 0 Å². The highest BCUT2D eigenvalue weighted by molar-refractivity contribution is 5.92. The molecule has 0 aliphatic carbocycles. The first-order valence-corrected chi connectivity index (χ1v) is 9.07. The second-order valence-electron chi connectivity index (χ2n) is 7.18. The normalized spacial score (nSPS) is 20.2. The van der Waals surface area contributed by atoms with Gasteiger partial charge in [-0.15, -0.1) is 0 Å². The minimum absolute atomic E-state index is 0.151. The van der Waals surface area contributed by atoms with Crippen molar-refractivity contribution in [1.82, 2.24) is 10.2 Å². The first-order chi connectivity index (χ1) is 12.2. The molecule has 2 aromatic carbocycles. The number of nitrogens with zero attached hydrogens (tertiary/aromatic N) is 1. The molecule has 1 fully saturated rings. The summed E-state index contributed by atoms with van der Waals surface area (Å²) in [6, 6.07) is 20.9. The Morgan fingerprint density at radius 3 is 2.24 bits per heavy atom. The summed E-state index contributed by atoms with van der Waals surface area (Å²) in [5, 5.41) is 3.27. The molecule has 0 unspecified atom stereocenters. The number of hydrogen-bond acceptors (Lipinski definition) is 2. The molecule has 0 aromatic heterocycles. The van der Waals surface area contributed by atoms with Crippen LogP contribution in [0.25, 0.3) is 5.57 Å². The Morgan fingerprint density at radius 1 is 0.920 bits per heavy atom. The van der Waals surface area contributed by atoms with Gasteiger partial charge in [-0.25, -0.2) is 0 Å². The van der Waals surface area contributed by atoms with E-state index in [0.29, 0.717) is 6.42 Å². The zero-order chi connectivity index (χ0) is 17.1. The first-order valence-electron chi connectivity index (χ1n) is 9.07. The van der Waals surface area contributed by atoms with Crippen LogP contribution in [0, 0.1) is 0 Å². The van der Waals surface area contributed by atoms with E-state index in [1.54, 1.807) is 0 Å². The summed E-state index contributed by atoms with van der Waals surface area (Å²) in [4.78, 5) is 14.8. The molecule has 2 aliphatic rings. The summed E-state index contributed by atoms with van der Waals surface area (Å²) in [7, 11) is 0. The Labute approximate surface area is 149 Å². The summed E-state index contributed by atoms with van der Waals surface area (Å²) in [5.41, 5.74) is 3.52. The third kappa shape index (κ3) is 3.67. The predicted molar refractivity (Wildman–Crippen MR) is 101 cm³/mol. The van der Waals surface area contributed by atoms with Crippen LogP contribution in [0.15, 0.2) is 66.7 Å². The number of benzene rings is 2. The molecule has 2 heterocycles. The maximum atomic E-state index is 12.3. The standard InChI is InChI=1S/C22H24N2O/c25-21-15-20(19-9-5-2-6-10-19)16-22(23-21)11-13-24(14-12-22)17-18-7-3-1-4-8-18/h1-10,16H,11-15,17H2,(H,23,25). The van der Waals surface area contributed by atoms with Gasteiger partial charge in [-0.2, -0.15) is 0 Å². The number of carbonyl (C=O) groups excluding carboxylic acids is 1. The summed E-state index contributed by atoms with van der Waals surface area (Å²) in [5.74, 6) is 0.151. The number of amides is 1. The molecular formula is C22H24N2O. The van der Waals surface area contributed by atoms with Crippen molar-refractivity contribution in [2.75, 3.05) is 13.1 Å². The van der Waals surface area contributed by atoms with Crippen LogP contribution in [0.2, 0.25) is 0 Å². The zero-order valence-electron chi connectivity index (χ0n) is 14.4. The highest BCUT2D eigenvalue weighted by atomic mass is 16.1. The van der Waals surface area contributed by atoms with E-state index in [0.717, 1.165) is 32.5 Å². The maximum Gasteiger partial charge on any atom is 0.225 e. The number of rotatable bonds is 3. The molecule has 25 heavy (non-hydrogen) atoms. The average molecular weight is 332 g/mol. The fourth-order valence-corrected chi connectivity index (χ4v) is 3.97. The van der Waals surface area contributed by atoms with Crippen LogP contribution in [0.3, 0.4) is 0 Å². The average Bonchev–Trinajstić information content (AvgIpc) is 2.65. The lowest BCUT2D eigenvalue weighted by Gasteiger charge is -2.43. The van der Waals surface area contributed by atoms with Gasteiger partial charge in [0.15, 0.2) is 0 Å². The molecule has 0 radical (unpaired) electrons. The molecule has 3 nitrogen and oxygen atoms in total. The highest BCUT2D eigenvalue weighted by Crippen LogP contribution is 2.33. The van der Waals surface area contributed by atoms with Crippen molar-refractivity contribution in [2.24, 2.45) is 0 Å². The van der Waals surface area contributed by atoms with Crippen molar-refractivity contribution in [3.63, 3.8) is 0 Å². The quantitative estimate of drug-likeness (QED) is 0.931. The van der Waals surface area contributed by atoms with Crippen molar-refractivity contribution >= 4 is 11.5 Å². The van der Waals surface area contributed by atoms with Crippen molar-refractivity contribution in [3.8, 4) is 0 Å². The monoisotopic (exact) mass is 332 g/mol. The lowest BCUT2D eigenvalue weighted by Crippen LogP contribution is -2.55. The Kier molecular flexibility index (Phi) is 4.41. The summed E-state index contributed by atoms with van der Waals surface area (Å²) in [6.07, 6.45) is 4.76. The molecule has 2 aromatic rings. The zero-order valence-corrected chi connectivity index (χ0v) is 14.4. The van der Waals surface area contributed by atoms with Crippen LogP contribution in [0.5, 0.6) is 0 Å². The summed E-state index contributed by atoms with van der Waals surface area (Å²) in [6.45, 7) is 3.00. The van der Waals surface area contributed by atoms with E-state index in [1.807, 2.05) is 18.2 Å². The van der Waals surface area contributed by atoms with Gasteiger partial charge >= 0.3 is 0 Å². The maximum absolute atomic E-state index is 12.3. The molecule has 1 amide bonds. The van der Waals surface area contributed by atoms with Gasteiger partial charge in [-0.3, -0.25) is 9.69 Å². The van der Waals surface area contributed by atoms with Gasteiger partial charge in [0.1, 0.15) is 0 Å². The minimum Gasteiger partial charge on any atom is -0.347 e. The van der Waals surface area contributed by atoms with Gasteiger partial charge in [-0.05, 0) is 29.5 Å². The van der Waals surface area contributed by atoms with Gasteiger partial charge < -0.3 is 5.32 Å². The van der Waals surface area contributed by atoms with E-state index < -0.39 is 0 Å². The van der Waals surface area contributed by atoms with Crippen LogP contribution in [-0.2, 0) is 11.3 Å². The van der Waals surface area contributed by atoms with E-state index in [4.69, 9.17) is 0 Å². The lowest BCUT2D eigenvalue weighted by molar-refractivity contribution is -0.122. The van der Waals surface area contributed by atoms with Crippen molar-refractivity contribution < 1.29 is 4.79 Å². The molecule has 1 saturated heterocycles. The summed E-state index contributed by atoms with van der Waals surface area (Å²) < 4.78 is 0. The third-order valence-corrected chi connectivity index (χ3v) is 5.33. The third-order valence-electron chi connectivity index (χ3n) is 5.33. The van der Waals surface area contributed by atoms with Gasteiger partial charge in [0, 0.05) is 19.6 Å². The van der Waals surface area contributed by atoms with Crippen LogP contribution in [0.1, 0.15) is 30.4 Å². The van der Waals surface area contributed by atoms with E-state index in [1.165, 1.54) is 16.7 Å². The van der Waals surface area contributed by atoms with Gasteiger partial charge in [0.2, 0.25) is 5.91 Å². The predicted octanol–water partition coefficient (Wildman–Crippen LogP) is 3.62. The smallest absolute Gasteiger partial charge is 0.225 e. The Hall–Kier alpha value is -2.39. The minimum atomic E-state index is -0.173. The Balaban J connectivity index is 1.48. The van der Waals surface area contributed by atoms with Gasteiger partial charge in [-0.1, -0.05) is 66.7 Å².